The van der Waals surface area contributed by atoms with Gasteiger partial charge in [0.1, 0.15) is 0 Å². The summed E-state index contributed by atoms with van der Waals surface area (Å²) in [5.41, 5.74) is 0. The highest BCUT2D eigenvalue weighted by molar-refractivity contribution is 4.70. The maximum Gasteiger partial charge on any atom is 0.0251 e. The minimum atomic E-state index is 1.19. The Hall–Kier alpha value is -0.0400. The van der Waals surface area contributed by atoms with Gasteiger partial charge in [0, 0.05) is 6.54 Å². The lowest BCUT2D eigenvalue weighted by Gasteiger charge is -2.15. The van der Waals surface area contributed by atoms with Crippen LogP contribution in [0.15, 0.2) is 0 Å². The van der Waals surface area contributed by atoms with E-state index < -0.39 is 0 Å². The highest BCUT2D eigenvalue weighted by Gasteiger charge is 2.05. The van der Waals surface area contributed by atoms with Crippen molar-refractivity contribution in [1.29, 1.82) is 0 Å². The summed E-state index contributed by atoms with van der Waals surface area (Å²) in [6, 6.07) is 0. The molecule has 0 N–H and O–H groups in total. The summed E-state index contributed by atoms with van der Waals surface area (Å²) in [6.07, 6.45) is 5.52. The zero-order valence-electron chi connectivity index (χ0n) is 6.27. The van der Waals surface area contributed by atoms with E-state index in [1.165, 1.54) is 38.8 Å². The van der Waals surface area contributed by atoms with Crippen LogP contribution in [0, 0.1) is 6.54 Å². The van der Waals surface area contributed by atoms with Crippen LogP contribution in [-0.2, 0) is 0 Å². The Morgan fingerprint density at radius 1 is 1.33 bits per heavy atom. The Kier molecular flexibility index (Phi) is 3.05. The van der Waals surface area contributed by atoms with Crippen LogP contribution in [0.1, 0.15) is 32.6 Å². The molecule has 0 aromatic carbocycles. The molecule has 0 aromatic rings. The molecular formula is C8H16N. The fraction of sp³-hybridized carbons (Fsp3) is 0.875. The van der Waals surface area contributed by atoms with Crippen LogP contribution in [0.4, 0.5) is 0 Å². The van der Waals surface area contributed by atoms with E-state index in [2.05, 4.69) is 18.4 Å². The van der Waals surface area contributed by atoms with Crippen molar-refractivity contribution in [1.82, 2.24) is 4.90 Å². The second-order valence-corrected chi connectivity index (χ2v) is 2.66. The van der Waals surface area contributed by atoms with E-state index in [1.807, 2.05) is 0 Å². The molecule has 0 atom stereocenters. The molecule has 1 saturated heterocycles. The minimum absolute atomic E-state index is 1.19. The Bertz CT molecular complexity index is 63.0. The van der Waals surface area contributed by atoms with Gasteiger partial charge in [-0.1, -0.05) is 19.8 Å². The lowest BCUT2D eigenvalue weighted by Crippen LogP contribution is -2.19. The highest BCUT2D eigenvalue weighted by atomic mass is 15.1. The van der Waals surface area contributed by atoms with Gasteiger partial charge in [-0.15, -0.1) is 0 Å². The monoisotopic (exact) mass is 126 g/mol. The van der Waals surface area contributed by atoms with Crippen molar-refractivity contribution in [3.8, 4) is 0 Å². The van der Waals surface area contributed by atoms with Crippen LogP contribution < -0.4 is 0 Å². The predicted octanol–water partition coefficient (Wildman–Crippen LogP) is 2.04. The van der Waals surface area contributed by atoms with E-state index >= 15 is 0 Å². The molecule has 1 nitrogen and oxygen atoms in total. The van der Waals surface area contributed by atoms with Gasteiger partial charge < -0.3 is 0 Å². The molecule has 0 aromatic heterocycles. The van der Waals surface area contributed by atoms with Gasteiger partial charge in [-0.05, 0) is 25.9 Å². The van der Waals surface area contributed by atoms with Gasteiger partial charge in [0.15, 0.2) is 0 Å². The summed E-state index contributed by atoms with van der Waals surface area (Å²) < 4.78 is 0. The van der Waals surface area contributed by atoms with Crippen molar-refractivity contribution >= 4 is 0 Å². The van der Waals surface area contributed by atoms with Crippen molar-refractivity contribution in [2.24, 2.45) is 0 Å². The molecule has 53 valence electrons. The molecule has 1 heteroatoms. The second-order valence-electron chi connectivity index (χ2n) is 2.66. The molecule has 0 amide bonds. The average molecular weight is 126 g/mol. The second kappa shape index (κ2) is 3.89. The summed E-state index contributed by atoms with van der Waals surface area (Å²) in [7, 11) is 0. The maximum atomic E-state index is 2.42. The average Bonchev–Trinajstić information content (AvgIpc) is 2.13. The Balaban J connectivity index is 2.18. The quantitative estimate of drug-likeness (QED) is 0.519. The van der Waals surface area contributed by atoms with Crippen molar-refractivity contribution in [2.75, 3.05) is 13.1 Å². The fourth-order valence-corrected chi connectivity index (χ4v) is 1.29. The number of hydrogen-bond acceptors (Lipinski definition) is 1. The first-order valence-corrected chi connectivity index (χ1v) is 4.01. The largest absolute Gasteiger partial charge is 0.299 e. The molecule has 1 rings (SSSR count). The number of nitrogens with zero attached hydrogens (tertiary/aromatic N) is 1. The van der Waals surface area contributed by atoms with E-state index in [-0.39, 0.29) is 0 Å². The summed E-state index contributed by atoms with van der Waals surface area (Å²) in [4.78, 5) is 2.42. The van der Waals surface area contributed by atoms with Crippen molar-refractivity contribution < 1.29 is 0 Å². The highest BCUT2D eigenvalue weighted by Crippen LogP contribution is 2.11. The van der Waals surface area contributed by atoms with Crippen LogP contribution in [0.2, 0.25) is 0 Å². The van der Waals surface area contributed by atoms with Gasteiger partial charge in [-0.3, -0.25) is 4.90 Å². The van der Waals surface area contributed by atoms with Gasteiger partial charge in [0.2, 0.25) is 0 Å². The topological polar surface area (TPSA) is 3.24 Å². The predicted molar refractivity (Wildman–Crippen MR) is 40.0 cm³/mol. The Morgan fingerprint density at radius 2 is 2.22 bits per heavy atom. The van der Waals surface area contributed by atoms with Crippen molar-refractivity contribution in [2.45, 2.75) is 32.6 Å². The van der Waals surface area contributed by atoms with Gasteiger partial charge >= 0.3 is 0 Å². The molecule has 0 aliphatic carbocycles. The van der Waals surface area contributed by atoms with E-state index in [0.717, 1.165) is 0 Å². The molecule has 0 spiro atoms. The summed E-state index contributed by atoms with van der Waals surface area (Å²) in [6.45, 7) is 7.06. The van der Waals surface area contributed by atoms with Crippen LogP contribution >= 0.6 is 0 Å². The lowest BCUT2D eigenvalue weighted by atomic mass is 10.2. The Morgan fingerprint density at radius 3 is 3.00 bits per heavy atom. The zero-order valence-corrected chi connectivity index (χ0v) is 6.27. The number of rotatable bonds is 1. The Labute approximate surface area is 58.0 Å². The van der Waals surface area contributed by atoms with Crippen molar-refractivity contribution in [3.63, 3.8) is 0 Å². The maximum absolute atomic E-state index is 2.42. The summed E-state index contributed by atoms with van der Waals surface area (Å²) in [5.74, 6) is 0. The number of hydrogen-bond donors (Lipinski definition) is 0. The van der Waals surface area contributed by atoms with E-state index in [1.54, 1.807) is 0 Å². The first kappa shape index (κ1) is 7.07. The lowest BCUT2D eigenvalue weighted by molar-refractivity contribution is 0.355. The first-order chi connectivity index (χ1) is 4.43. The normalized spacial score (nSPS) is 23.7. The standard InChI is InChI=1S/C8H16N/c1-2-9-7-5-3-4-6-8-9/h7H,2-6,8H2,1H3. The van der Waals surface area contributed by atoms with Crippen molar-refractivity contribution in [3.05, 3.63) is 6.54 Å². The zero-order chi connectivity index (χ0) is 6.53. The third kappa shape index (κ3) is 2.35. The molecule has 0 bridgehead atoms. The molecular weight excluding hydrogens is 110 g/mol. The van der Waals surface area contributed by atoms with Crippen LogP contribution in [0.25, 0.3) is 0 Å². The van der Waals surface area contributed by atoms with E-state index in [9.17, 15) is 0 Å². The summed E-state index contributed by atoms with van der Waals surface area (Å²) in [5, 5.41) is 0. The SMILES string of the molecule is CCN1[CH]CCCCC1. The third-order valence-corrected chi connectivity index (χ3v) is 1.94. The van der Waals surface area contributed by atoms with Gasteiger partial charge in [-0.2, -0.15) is 0 Å². The van der Waals surface area contributed by atoms with Crippen LogP contribution in [0.3, 0.4) is 0 Å². The van der Waals surface area contributed by atoms with Crippen LogP contribution in [-0.4, -0.2) is 18.0 Å². The molecule has 1 heterocycles. The molecule has 9 heavy (non-hydrogen) atoms. The molecule has 0 saturated carbocycles. The van der Waals surface area contributed by atoms with E-state index in [0.29, 0.717) is 0 Å². The first-order valence-electron chi connectivity index (χ1n) is 4.01. The van der Waals surface area contributed by atoms with Crippen LogP contribution in [0.5, 0.6) is 0 Å². The van der Waals surface area contributed by atoms with E-state index in [4.69, 9.17) is 0 Å². The summed E-state index contributed by atoms with van der Waals surface area (Å²) >= 11 is 0. The molecule has 1 aliphatic heterocycles. The third-order valence-electron chi connectivity index (χ3n) is 1.94. The molecule has 0 unspecified atom stereocenters. The smallest absolute Gasteiger partial charge is 0.0251 e. The molecule has 1 fully saturated rings. The molecule has 1 radical (unpaired) electrons. The number of likely N-dealkylation sites (tertiary alicyclic amines) is 1. The minimum Gasteiger partial charge on any atom is -0.299 e. The van der Waals surface area contributed by atoms with Gasteiger partial charge in [-0.25, -0.2) is 0 Å². The van der Waals surface area contributed by atoms with Gasteiger partial charge in [0.05, 0.1) is 0 Å². The van der Waals surface area contributed by atoms with Gasteiger partial charge in [0.25, 0.3) is 0 Å². The fourth-order valence-electron chi connectivity index (χ4n) is 1.29. The molecule has 1 aliphatic rings.